The van der Waals surface area contributed by atoms with E-state index >= 15 is 0 Å². The summed E-state index contributed by atoms with van der Waals surface area (Å²) in [7, 11) is 0. The zero-order valence-corrected chi connectivity index (χ0v) is 16.3. The minimum absolute atomic E-state index is 0.0173. The molecule has 0 spiro atoms. The molecule has 3 rings (SSSR count). The number of amides is 2. The molecule has 1 aromatic heterocycles. The predicted molar refractivity (Wildman–Crippen MR) is 104 cm³/mol. The van der Waals surface area contributed by atoms with Crippen LogP contribution in [0.4, 0.5) is 38.4 Å². The van der Waals surface area contributed by atoms with E-state index in [0.717, 1.165) is 36.4 Å². The Labute approximate surface area is 174 Å². The third-order valence-electron chi connectivity index (χ3n) is 3.45. The SMILES string of the molecule is CC.O=C(Nc1ccc(F)c(F)c1)Nc1ncc(Oc2ccc(C(F)(F)F)cc2)cn1. The van der Waals surface area contributed by atoms with Crippen molar-refractivity contribution >= 4 is 17.7 Å². The molecule has 164 valence electrons. The van der Waals surface area contributed by atoms with Gasteiger partial charge >= 0.3 is 12.2 Å². The normalized spacial score (nSPS) is 10.5. The molecule has 0 unspecified atom stereocenters. The lowest BCUT2D eigenvalue weighted by molar-refractivity contribution is -0.137. The Bertz CT molecular complexity index is 1010. The number of nitrogens with zero attached hydrogens (tertiary/aromatic N) is 2. The molecule has 0 aliphatic carbocycles. The van der Waals surface area contributed by atoms with E-state index in [4.69, 9.17) is 4.74 Å². The van der Waals surface area contributed by atoms with E-state index in [-0.39, 0.29) is 23.1 Å². The first kappa shape index (κ1) is 23.5. The van der Waals surface area contributed by atoms with E-state index < -0.39 is 29.4 Å². The van der Waals surface area contributed by atoms with Gasteiger partial charge in [-0.25, -0.2) is 23.5 Å². The monoisotopic (exact) mass is 440 g/mol. The van der Waals surface area contributed by atoms with Crippen molar-refractivity contribution in [2.24, 2.45) is 0 Å². The van der Waals surface area contributed by atoms with E-state index in [2.05, 4.69) is 20.6 Å². The van der Waals surface area contributed by atoms with E-state index in [0.29, 0.717) is 0 Å². The number of hydrogen-bond acceptors (Lipinski definition) is 4. The lowest BCUT2D eigenvalue weighted by Crippen LogP contribution is -2.20. The van der Waals surface area contributed by atoms with Crippen LogP contribution in [-0.2, 0) is 6.18 Å². The summed E-state index contributed by atoms with van der Waals surface area (Å²) in [6, 6.07) is 6.05. The first-order valence-corrected chi connectivity index (χ1v) is 8.91. The Morgan fingerprint density at radius 3 is 2.03 bits per heavy atom. The van der Waals surface area contributed by atoms with Crippen LogP contribution < -0.4 is 15.4 Å². The number of aromatic nitrogens is 2. The maximum Gasteiger partial charge on any atom is 0.416 e. The van der Waals surface area contributed by atoms with Crippen molar-refractivity contribution < 1.29 is 31.5 Å². The number of urea groups is 1. The smallest absolute Gasteiger partial charge is 0.416 e. The molecule has 2 aromatic carbocycles. The molecule has 0 bridgehead atoms. The van der Waals surface area contributed by atoms with Gasteiger partial charge in [0.2, 0.25) is 5.95 Å². The van der Waals surface area contributed by atoms with Gasteiger partial charge in [0.1, 0.15) is 5.75 Å². The van der Waals surface area contributed by atoms with E-state index in [1.807, 2.05) is 13.8 Å². The van der Waals surface area contributed by atoms with Crippen molar-refractivity contribution in [1.82, 2.24) is 9.97 Å². The Kier molecular flexibility index (Phi) is 7.83. The summed E-state index contributed by atoms with van der Waals surface area (Å²) in [6.07, 6.45) is -2.06. The van der Waals surface area contributed by atoms with Crippen LogP contribution in [0.15, 0.2) is 54.9 Å². The fourth-order valence-electron chi connectivity index (χ4n) is 2.12. The van der Waals surface area contributed by atoms with Crippen molar-refractivity contribution in [3.63, 3.8) is 0 Å². The fourth-order valence-corrected chi connectivity index (χ4v) is 2.12. The van der Waals surface area contributed by atoms with Gasteiger partial charge in [0.25, 0.3) is 0 Å². The summed E-state index contributed by atoms with van der Waals surface area (Å²) in [5, 5.41) is 4.54. The number of anilines is 2. The molecule has 0 fully saturated rings. The highest BCUT2D eigenvalue weighted by Crippen LogP contribution is 2.31. The summed E-state index contributed by atoms with van der Waals surface area (Å²) >= 11 is 0. The standard InChI is InChI=1S/C18H11F5N4O2.C2H6/c19-14-6-3-11(7-15(14)20)26-17(28)27-16-24-8-13(9-25-16)29-12-4-1-10(2-5-12)18(21,22)23;1-2/h1-9H,(H2,24,25,26,27,28);1-2H3. The summed E-state index contributed by atoms with van der Waals surface area (Å²) in [6.45, 7) is 4.00. The molecule has 0 saturated carbocycles. The number of nitrogens with one attached hydrogen (secondary N) is 2. The van der Waals surface area contributed by atoms with E-state index in [1.165, 1.54) is 18.5 Å². The lowest BCUT2D eigenvalue weighted by Gasteiger charge is -2.09. The van der Waals surface area contributed by atoms with Gasteiger partial charge in [0.15, 0.2) is 17.4 Å². The molecule has 0 radical (unpaired) electrons. The minimum Gasteiger partial charge on any atom is -0.454 e. The zero-order chi connectivity index (χ0) is 23.0. The first-order chi connectivity index (χ1) is 14.7. The first-order valence-electron chi connectivity index (χ1n) is 8.91. The van der Waals surface area contributed by atoms with Crippen LogP contribution >= 0.6 is 0 Å². The molecule has 2 N–H and O–H groups in total. The van der Waals surface area contributed by atoms with Crippen LogP contribution in [0.25, 0.3) is 0 Å². The Hall–Kier alpha value is -3.76. The van der Waals surface area contributed by atoms with Crippen LogP contribution in [0.3, 0.4) is 0 Å². The van der Waals surface area contributed by atoms with Crippen LogP contribution in [0.5, 0.6) is 11.5 Å². The number of rotatable bonds is 4. The van der Waals surface area contributed by atoms with Gasteiger partial charge in [0.05, 0.1) is 18.0 Å². The molecule has 3 aromatic rings. The van der Waals surface area contributed by atoms with E-state index in [9.17, 15) is 26.7 Å². The van der Waals surface area contributed by atoms with Gasteiger partial charge in [-0.2, -0.15) is 13.2 Å². The summed E-state index contributed by atoms with van der Waals surface area (Å²) < 4.78 is 68.9. The molecule has 1 heterocycles. The number of hydrogen-bond donors (Lipinski definition) is 2. The third-order valence-corrected chi connectivity index (χ3v) is 3.45. The molecule has 6 nitrogen and oxygen atoms in total. The van der Waals surface area contributed by atoms with Gasteiger partial charge in [-0.1, -0.05) is 13.8 Å². The predicted octanol–water partition coefficient (Wildman–Crippen LogP) is 6.24. The van der Waals surface area contributed by atoms with Crippen molar-refractivity contribution in [3.05, 3.63) is 72.1 Å². The summed E-state index contributed by atoms with van der Waals surface area (Å²) in [5.74, 6) is -2.04. The summed E-state index contributed by atoms with van der Waals surface area (Å²) in [4.78, 5) is 19.5. The fraction of sp³-hybridized carbons (Fsp3) is 0.150. The minimum atomic E-state index is -4.45. The molecule has 0 saturated heterocycles. The molecule has 31 heavy (non-hydrogen) atoms. The number of carbonyl (C=O) groups excluding carboxylic acids is 1. The summed E-state index contributed by atoms with van der Waals surface area (Å²) in [5.41, 5.74) is -0.795. The Balaban J connectivity index is 0.00000166. The molecular weight excluding hydrogens is 423 g/mol. The number of ether oxygens (including phenoxy) is 1. The average Bonchev–Trinajstić information content (AvgIpc) is 2.73. The number of halogens is 5. The van der Waals surface area contributed by atoms with Gasteiger partial charge in [-0.3, -0.25) is 5.32 Å². The van der Waals surface area contributed by atoms with Crippen molar-refractivity contribution in [2.75, 3.05) is 10.6 Å². The molecule has 0 atom stereocenters. The molecule has 2 amide bonds. The number of alkyl halides is 3. The van der Waals surface area contributed by atoms with Crippen LogP contribution in [-0.4, -0.2) is 16.0 Å². The van der Waals surface area contributed by atoms with Crippen molar-refractivity contribution in [3.8, 4) is 11.5 Å². The maximum atomic E-state index is 13.1. The van der Waals surface area contributed by atoms with E-state index in [1.54, 1.807) is 0 Å². The second-order valence-electron chi connectivity index (χ2n) is 5.57. The molecular formula is C20H17F5N4O2. The number of carbonyl (C=O) groups is 1. The topological polar surface area (TPSA) is 76.1 Å². The van der Waals surface area contributed by atoms with Gasteiger partial charge in [-0.15, -0.1) is 0 Å². The molecule has 11 heteroatoms. The van der Waals surface area contributed by atoms with Crippen molar-refractivity contribution in [1.29, 1.82) is 0 Å². The molecule has 0 aliphatic rings. The van der Waals surface area contributed by atoms with Crippen LogP contribution in [0.1, 0.15) is 19.4 Å². The van der Waals surface area contributed by atoms with Gasteiger partial charge < -0.3 is 10.1 Å². The Morgan fingerprint density at radius 1 is 0.871 bits per heavy atom. The number of benzene rings is 2. The van der Waals surface area contributed by atoms with Crippen molar-refractivity contribution in [2.45, 2.75) is 20.0 Å². The second-order valence-corrected chi connectivity index (χ2v) is 5.57. The average molecular weight is 440 g/mol. The molecule has 0 aliphatic heterocycles. The highest BCUT2D eigenvalue weighted by molar-refractivity contribution is 5.98. The van der Waals surface area contributed by atoms with Gasteiger partial charge in [-0.05, 0) is 36.4 Å². The van der Waals surface area contributed by atoms with Gasteiger partial charge in [0, 0.05) is 11.8 Å². The van der Waals surface area contributed by atoms with Crippen LogP contribution in [0, 0.1) is 11.6 Å². The highest BCUT2D eigenvalue weighted by atomic mass is 19.4. The van der Waals surface area contributed by atoms with Crippen LogP contribution in [0.2, 0.25) is 0 Å². The zero-order valence-electron chi connectivity index (χ0n) is 16.3. The highest BCUT2D eigenvalue weighted by Gasteiger charge is 2.30. The largest absolute Gasteiger partial charge is 0.454 e. The Morgan fingerprint density at radius 2 is 1.48 bits per heavy atom. The lowest BCUT2D eigenvalue weighted by atomic mass is 10.2. The maximum absolute atomic E-state index is 13.1. The third kappa shape index (κ3) is 6.91. The quantitative estimate of drug-likeness (QED) is 0.471. The second kappa shape index (κ2) is 10.3.